The molecule has 2 aromatic heterocycles. The summed E-state index contributed by atoms with van der Waals surface area (Å²) in [6.45, 7) is -0.262. The molecular weight excluding hydrogens is 1250 g/mol. The Morgan fingerprint density at radius 1 is 0.851 bits per heavy atom. The Morgan fingerprint density at radius 2 is 1.54 bits per heavy atom. The van der Waals surface area contributed by atoms with Crippen molar-refractivity contribution >= 4 is 114 Å². The van der Waals surface area contributed by atoms with Gasteiger partial charge in [-0.25, -0.2) is 24.5 Å². The van der Waals surface area contributed by atoms with Crippen LogP contribution in [-0.2, 0) is 46.1 Å². The Hall–Kier alpha value is -5.74. The first-order valence-corrected chi connectivity index (χ1v) is 24.1. The van der Waals surface area contributed by atoms with E-state index in [4.69, 9.17) is 27.2 Å². The fraction of sp³-hybridized carbons (Fsp3) is 0.513. The molecule has 0 aliphatic carbocycles. The van der Waals surface area contributed by atoms with Crippen molar-refractivity contribution in [3.05, 3.63) is 47.3 Å². The molecule has 67 heavy (non-hydrogen) atoms. The molecular formula is C39H53BrFmN9O14S3-. The summed E-state index contributed by atoms with van der Waals surface area (Å²) in [5.41, 5.74) is 1.44. The van der Waals surface area contributed by atoms with Crippen molar-refractivity contribution in [3.8, 4) is 0 Å². The van der Waals surface area contributed by atoms with Crippen molar-refractivity contribution in [2.75, 3.05) is 67.3 Å². The van der Waals surface area contributed by atoms with E-state index in [9.17, 15) is 54.3 Å². The Bertz CT molecular complexity index is 2080. The number of nitrogens with one attached hydrogen (secondary N) is 6. The maximum Gasteiger partial charge on any atom is 0.508 e. The zero-order valence-electron chi connectivity index (χ0n) is 35.8. The molecule has 23 nitrogen and oxygen atoms in total. The standard InChI is InChI=1S/C39H54BrN9O14S3.Fm/c1-21(5-6-31(53)44-17-28(51)33(55)34(56)29(52)18-50)36(57)48-26(16-43-32(54)7-11-64)37(58)49-27(38(59)60)19-66-65-12-10-63-39(61)62-9-8-41-30-14-24-25(15-42-30)45-20-46-35(24)47-23-4-2-3-22(40)13-23;/h2-4,13-15,20-21,26-29,33-34,50-52,55-56,64H,5-12,16-19H2,1H3,(H,41,42)(H,43,54)(H,44,53)(H,48,57)(H,49,58)(H,59,60)(H,45,46,47);/p-1/t21-,26-,27-,28-,29+,33+,34+;/m0./s1. The van der Waals surface area contributed by atoms with Gasteiger partial charge < -0.3 is 84.6 Å². The van der Waals surface area contributed by atoms with Gasteiger partial charge in [-0.15, -0.1) is 0 Å². The van der Waals surface area contributed by atoms with E-state index < -0.39 is 97.9 Å². The number of hydrogen-bond acceptors (Lipinski definition) is 21. The molecule has 4 amide bonds. The number of aromatic nitrogens is 3. The van der Waals surface area contributed by atoms with Gasteiger partial charge in [-0.3, -0.25) is 19.2 Å². The maximum atomic E-state index is 13.3. The van der Waals surface area contributed by atoms with E-state index in [0.29, 0.717) is 22.5 Å². The van der Waals surface area contributed by atoms with Crippen LogP contribution in [0.4, 0.5) is 22.1 Å². The number of hydrogen-bond donors (Lipinski definition) is 12. The molecule has 0 aliphatic heterocycles. The molecule has 0 spiro atoms. The zero-order valence-corrected chi connectivity index (χ0v) is 42.2. The van der Waals surface area contributed by atoms with Crippen molar-refractivity contribution in [2.24, 2.45) is 5.92 Å². The number of carbonyl (C=O) groups is 6. The third-order valence-electron chi connectivity index (χ3n) is 9.11. The molecule has 376 valence electrons. The van der Waals surface area contributed by atoms with Crippen LogP contribution in [0, 0.1) is 5.92 Å². The monoisotopic (exact) mass is 1300 g/mol. The Kier molecular flexibility index (Phi) is 26.1. The van der Waals surface area contributed by atoms with Gasteiger partial charge in [0, 0.05) is 58.9 Å². The summed E-state index contributed by atoms with van der Waals surface area (Å²) in [5, 5.41) is 74.4. The normalized spacial score (nSPS) is 14.1. The number of benzene rings is 1. The van der Waals surface area contributed by atoms with Gasteiger partial charge in [0.25, 0.3) is 0 Å². The van der Waals surface area contributed by atoms with Gasteiger partial charge >= 0.3 is 12.1 Å². The second-order valence-corrected chi connectivity index (χ2v) is 18.1. The summed E-state index contributed by atoms with van der Waals surface area (Å²) in [6.07, 6.45) is -5.44. The molecule has 2 heterocycles. The number of amides is 4. The van der Waals surface area contributed by atoms with E-state index in [2.05, 4.69) is 62.8 Å². The van der Waals surface area contributed by atoms with Crippen LogP contribution in [0.15, 0.2) is 47.3 Å². The third-order valence-corrected chi connectivity index (χ3v) is 12.2. The first kappa shape index (κ1) is 57.4. The molecule has 0 bridgehead atoms. The summed E-state index contributed by atoms with van der Waals surface area (Å²) in [5.74, 6) is -3.79. The second kappa shape index (κ2) is 30.5. The van der Waals surface area contributed by atoms with Crippen LogP contribution in [0.3, 0.4) is 0 Å². The minimum absolute atomic E-state index is 0. The molecule has 3 aromatic rings. The number of carboxylic acids is 1. The van der Waals surface area contributed by atoms with Gasteiger partial charge in [0.1, 0.15) is 61.6 Å². The van der Waals surface area contributed by atoms with Crippen molar-refractivity contribution in [1.29, 1.82) is 0 Å². The number of nitrogens with zero attached hydrogens (tertiary/aromatic N) is 3. The topological polar surface area (TPSA) is 353 Å². The Balaban J connectivity index is 0.0000154. The molecule has 0 aliphatic rings. The van der Waals surface area contributed by atoms with Crippen LogP contribution in [-0.4, -0.2) is 175 Å². The molecule has 7 atom stereocenters. The van der Waals surface area contributed by atoms with Crippen LogP contribution in [0.5, 0.6) is 0 Å². The first-order valence-electron chi connectivity index (χ1n) is 20.2. The predicted octanol–water partition coefficient (Wildman–Crippen LogP) is -0.447. The first-order chi connectivity index (χ1) is 31.5. The number of anilines is 3. The number of pyridine rings is 1. The minimum Gasteiger partial charge on any atom is -0.792 e. The number of carbonyl (C=O) groups excluding carboxylic acids is 5. The smallest absolute Gasteiger partial charge is 0.508 e. The quantitative estimate of drug-likeness (QED) is 0.0174. The molecule has 0 saturated carbocycles. The van der Waals surface area contributed by atoms with E-state index in [1.165, 1.54) is 13.3 Å². The average molecular weight is 1310 g/mol. The molecule has 0 saturated heterocycles. The summed E-state index contributed by atoms with van der Waals surface area (Å²) in [6, 6.07) is 6.49. The van der Waals surface area contributed by atoms with Gasteiger partial charge in [-0.2, -0.15) is 5.75 Å². The minimum atomic E-state index is -1.89. The van der Waals surface area contributed by atoms with Crippen LogP contribution in [0.1, 0.15) is 26.2 Å². The van der Waals surface area contributed by atoms with Gasteiger partial charge in [0.2, 0.25) is 23.6 Å². The van der Waals surface area contributed by atoms with E-state index in [1.807, 2.05) is 24.3 Å². The van der Waals surface area contributed by atoms with Crippen LogP contribution in [0.25, 0.3) is 10.9 Å². The summed E-state index contributed by atoms with van der Waals surface area (Å²) in [7, 11) is 2.23. The Labute approximate surface area is 400 Å². The molecule has 0 unspecified atom stereocenters. The van der Waals surface area contributed by atoms with Crippen LogP contribution < -0.4 is 31.9 Å². The molecule has 1 aromatic carbocycles. The van der Waals surface area contributed by atoms with E-state index in [-0.39, 0.29) is 56.3 Å². The van der Waals surface area contributed by atoms with Crippen LogP contribution in [0.2, 0.25) is 0 Å². The number of halogens is 1. The summed E-state index contributed by atoms with van der Waals surface area (Å²) in [4.78, 5) is 88.0. The molecule has 12 N–H and O–H groups in total. The molecule has 0 radical (unpaired) electrons. The predicted molar refractivity (Wildman–Crippen MR) is 249 cm³/mol. The molecule has 28 heteroatoms. The second-order valence-electron chi connectivity index (χ2n) is 14.2. The van der Waals surface area contributed by atoms with Gasteiger partial charge in [0.05, 0.1) is 31.0 Å². The van der Waals surface area contributed by atoms with Crippen LogP contribution >= 0.6 is 37.5 Å². The van der Waals surface area contributed by atoms with Crippen molar-refractivity contribution in [2.45, 2.75) is 62.7 Å². The number of aliphatic hydroxyl groups is 5. The van der Waals surface area contributed by atoms with Gasteiger partial charge in [-0.05, 0) is 30.7 Å². The third kappa shape index (κ3) is 20.8. The number of ether oxygens (including phenoxy) is 2. The fourth-order valence-corrected chi connectivity index (χ4v) is 7.95. The average Bonchev–Trinajstić information content (AvgIpc) is 3.29. The number of fused-ring (bicyclic) bond motifs is 1. The zero-order chi connectivity index (χ0) is 48.6. The van der Waals surface area contributed by atoms with Gasteiger partial charge in [0.15, 0.2) is 0 Å². The molecule has 3 rings (SSSR count). The summed E-state index contributed by atoms with van der Waals surface area (Å²) >= 11 is 8.26. The van der Waals surface area contributed by atoms with E-state index in [1.54, 1.807) is 12.3 Å². The van der Waals surface area contributed by atoms with E-state index >= 15 is 0 Å². The SMILES string of the molecule is C[C@@H](CCC(=O)NC[C@H](O)[C@@H](O)[C@H](O)[C@H](O)CO)C(=O)N[C@@H](CNC(=O)CC[S-])C(=O)N[C@@H](CSSCCOC(=O)OCCNc1cc2c(Nc3cccc(Br)c3)ncnc2cn1)C(=O)O.[Fm]. The van der Waals surface area contributed by atoms with E-state index in [0.717, 1.165) is 31.7 Å². The van der Waals surface area contributed by atoms with Crippen molar-refractivity contribution in [3.63, 3.8) is 0 Å². The number of carboxylic acid groups (broad SMARTS) is 1. The maximum absolute atomic E-state index is 13.3. The number of aliphatic hydroxyl groups excluding tert-OH is 5. The summed E-state index contributed by atoms with van der Waals surface area (Å²) < 4.78 is 11.1. The van der Waals surface area contributed by atoms with Crippen molar-refractivity contribution in [1.82, 2.24) is 36.2 Å². The van der Waals surface area contributed by atoms with Gasteiger partial charge in [-0.1, -0.05) is 50.5 Å². The number of aliphatic carboxylic acids is 1. The number of rotatable bonds is 30. The molecule has 0 fully saturated rings. The van der Waals surface area contributed by atoms with Crippen molar-refractivity contribution < 1.29 is 68.9 Å². The fourth-order valence-electron chi connectivity index (χ4n) is 5.38. The Morgan fingerprint density at radius 3 is 2.24 bits per heavy atom. The largest absolute Gasteiger partial charge is 0.792 e.